The number of hydrogen-bond donors (Lipinski definition) is 1. The number of rotatable bonds is 6. The lowest BCUT2D eigenvalue weighted by Gasteiger charge is -2.42. The first-order chi connectivity index (χ1) is 16.3. The van der Waals surface area contributed by atoms with Crippen molar-refractivity contribution in [3.63, 3.8) is 0 Å². The minimum Gasteiger partial charge on any atom is -0.493 e. The maximum atomic E-state index is 15.3. The maximum absolute atomic E-state index is 15.3. The number of nitrogens with zero attached hydrogens (tertiary/aromatic N) is 3. The zero-order valence-corrected chi connectivity index (χ0v) is 19.2. The Bertz CT molecular complexity index is 1080. The molecular formula is C23H26F2N4O5. The van der Waals surface area contributed by atoms with E-state index in [1.807, 2.05) is 0 Å². The molecule has 2 aliphatic rings. The number of ether oxygens (including phenoxy) is 3. The van der Waals surface area contributed by atoms with Gasteiger partial charge < -0.3 is 19.5 Å². The lowest BCUT2D eigenvalue weighted by Crippen LogP contribution is -2.54. The van der Waals surface area contributed by atoms with Crippen molar-refractivity contribution in [2.24, 2.45) is 0 Å². The van der Waals surface area contributed by atoms with E-state index in [0.717, 1.165) is 11.0 Å². The SMILES string of the molecule is COc1cc(OC)c(F)c(N2Cc3cnc(CNC(C)=O)cc3N(C3CCOCC3)C2=O)c1F. The second kappa shape index (κ2) is 9.80. The van der Waals surface area contributed by atoms with Gasteiger partial charge in [-0.2, -0.15) is 0 Å². The van der Waals surface area contributed by atoms with E-state index < -0.39 is 23.4 Å². The highest BCUT2D eigenvalue weighted by molar-refractivity contribution is 6.07. The van der Waals surface area contributed by atoms with E-state index in [9.17, 15) is 9.59 Å². The summed E-state index contributed by atoms with van der Waals surface area (Å²) in [5.74, 6) is -2.69. The zero-order chi connectivity index (χ0) is 24.4. The van der Waals surface area contributed by atoms with Crippen LogP contribution in [-0.4, -0.2) is 50.4 Å². The molecule has 1 aromatic carbocycles. The number of anilines is 2. The normalized spacial score (nSPS) is 16.3. The second-order valence-electron chi connectivity index (χ2n) is 8.05. The number of carbonyl (C=O) groups is 2. The fraction of sp³-hybridized carbons (Fsp3) is 0.435. The molecule has 0 radical (unpaired) electrons. The van der Waals surface area contributed by atoms with Crippen LogP contribution in [0.2, 0.25) is 0 Å². The zero-order valence-electron chi connectivity index (χ0n) is 19.2. The molecule has 0 aliphatic carbocycles. The van der Waals surface area contributed by atoms with E-state index in [1.54, 1.807) is 17.2 Å². The number of carbonyl (C=O) groups excluding carboxylic acids is 2. The summed E-state index contributed by atoms with van der Waals surface area (Å²) in [7, 11) is 2.50. The number of nitrogens with one attached hydrogen (secondary N) is 1. The molecule has 11 heteroatoms. The summed E-state index contributed by atoms with van der Waals surface area (Å²) in [6, 6.07) is 2.01. The lowest BCUT2D eigenvalue weighted by atomic mass is 10.0. The van der Waals surface area contributed by atoms with Crippen LogP contribution in [0, 0.1) is 11.6 Å². The van der Waals surface area contributed by atoms with Gasteiger partial charge in [0.2, 0.25) is 5.91 Å². The van der Waals surface area contributed by atoms with Crippen molar-refractivity contribution in [1.29, 1.82) is 0 Å². The molecular weight excluding hydrogens is 450 g/mol. The Balaban J connectivity index is 1.82. The highest BCUT2D eigenvalue weighted by atomic mass is 19.1. The van der Waals surface area contributed by atoms with Crippen molar-refractivity contribution >= 4 is 23.3 Å². The third kappa shape index (κ3) is 4.35. The number of pyridine rings is 1. The van der Waals surface area contributed by atoms with Gasteiger partial charge in [-0.05, 0) is 18.9 Å². The summed E-state index contributed by atoms with van der Waals surface area (Å²) in [5.41, 5.74) is 1.22. The summed E-state index contributed by atoms with van der Waals surface area (Å²) < 4.78 is 46.1. The molecule has 1 N–H and O–H groups in total. The van der Waals surface area contributed by atoms with Crippen molar-refractivity contribution in [2.75, 3.05) is 37.2 Å². The first-order valence-electron chi connectivity index (χ1n) is 10.9. The van der Waals surface area contributed by atoms with Crippen molar-refractivity contribution in [3.8, 4) is 11.5 Å². The van der Waals surface area contributed by atoms with Gasteiger partial charge in [-0.1, -0.05) is 0 Å². The quantitative estimate of drug-likeness (QED) is 0.689. The first-order valence-corrected chi connectivity index (χ1v) is 10.9. The Morgan fingerprint density at radius 2 is 1.82 bits per heavy atom. The standard InChI is InChI=1S/C23H26F2N4O5/c1-13(30)26-11-15-8-17-14(10-27-15)12-28(23(31)29(17)16-4-6-34-7-5-16)22-20(24)18(32-2)9-19(33-3)21(22)25/h8-10,16H,4-7,11-12H2,1-3H3,(H,26,30). The highest BCUT2D eigenvalue weighted by Gasteiger charge is 2.40. The van der Waals surface area contributed by atoms with Gasteiger partial charge in [0.1, 0.15) is 5.69 Å². The lowest BCUT2D eigenvalue weighted by molar-refractivity contribution is -0.119. The predicted molar refractivity (Wildman–Crippen MR) is 119 cm³/mol. The fourth-order valence-electron chi connectivity index (χ4n) is 4.22. The Morgan fingerprint density at radius 3 is 2.41 bits per heavy atom. The van der Waals surface area contributed by atoms with Gasteiger partial charge in [0, 0.05) is 44.0 Å². The molecule has 2 aromatic rings. The van der Waals surface area contributed by atoms with Crippen LogP contribution < -0.4 is 24.6 Å². The monoisotopic (exact) mass is 476 g/mol. The van der Waals surface area contributed by atoms with E-state index in [2.05, 4.69) is 10.3 Å². The van der Waals surface area contributed by atoms with Crippen LogP contribution in [0.15, 0.2) is 18.3 Å². The van der Waals surface area contributed by atoms with Crippen molar-refractivity contribution in [2.45, 2.75) is 38.9 Å². The molecule has 1 saturated heterocycles. The number of methoxy groups -OCH3 is 2. The Labute approximate surface area is 195 Å². The van der Waals surface area contributed by atoms with Gasteiger partial charge in [0.15, 0.2) is 23.1 Å². The van der Waals surface area contributed by atoms with E-state index in [1.165, 1.54) is 21.1 Å². The minimum absolute atomic E-state index is 0.106. The number of amides is 3. The van der Waals surface area contributed by atoms with Gasteiger partial charge in [-0.3, -0.25) is 19.6 Å². The minimum atomic E-state index is -1.00. The molecule has 0 spiro atoms. The average molecular weight is 476 g/mol. The molecule has 3 heterocycles. The molecule has 1 aromatic heterocycles. The van der Waals surface area contributed by atoms with Crippen LogP contribution in [0.5, 0.6) is 11.5 Å². The van der Waals surface area contributed by atoms with E-state index in [-0.39, 0.29) is 36.5 Å². The molecule has 0 bridgehead atoms. The molecule has 0 unspecified atom stereocenters. The van der Waals surface area contributed by atoms with Crippen LogP contribution >= 0.6 is 0 Å². The number of fused-ring (bicyclic) bond motifs is 1. The molecule has 0 atom stereocenters. The van der Waals surface area contributed by atoms with Gasteiger partial charge in [-0.25, -0.2) is 13.6 Å². The predicted octanol–water partition coefficient (Wildman–Crippen LogP) is 3.14. The van der Waals surface area contributed by atoms with E-state index in [4.69, 9.17) is 14.2 Å². The van der Waals surface area contributed by atoms with Crippen LogP contribution in [0.3, 0.4) is 0 Å². The smallest absolute Gasteiger partial charge is 0.329 e. The van der Waals surface area contributed by atoms with Crippen molar-refractivity contribution in [3.05, 3.63) is 41.2 Å². The van der Waals surface area contributed by atoms with Crippen molar-refractivity contribution < 1.29 is 32.6 Å². The molecule has 3 amide bonds. The van der Waals surface area contributed by atoms with Gasteiger partial charge >= 0.3 is 6.03 Å². The Hall–Kier alpha value is -3.47. The van der Waals surface area contributed by atoms with E-state index in [0.29, 0.717) is 43.0 Å². The Morgan fingerprint density at radius 1 is 1.18 bits per heavy atom. The number of aromatic nitrogens is 1. The number of benzene rings is 1. The summed E-state index contributed by atoms with van der Waals surface area (Å²) >= 11 is 0. The summed E-state index contributed by atoms with van der Waals surface area (Å²) in [6.07, 6.45) is 2.69. The molecule has 2 aliphatic heterocycles. The van der Waals surface area contributed by atoms with Gasteiger partial charge in [0.25, 0.3) is 0 Å². The van der Waals surface area contributed by atoms with Gasteiger partial charge in [0.05, 0.1) is 38.7 Å². The van der Waals surface area contributed by atoms with Crippen LogP contribution in [0.4, 0.5) is 25.0 Å². The van der Waals surface area contributed by atoms with Crippen molar-refractivity contribution in [1.82, 2.24) is 10.3 Å². The summed E-state index contributed by atoms with van der Waals surface area (Å²) in [5, 5.41) is 2.69. The maximum Gasteiger partial charge on any atom is 0.329 e. The third-order valence-electron chi connectivity index (χ3n) is 5.94. The summed E-state index contributed by atoms with van der Waals surface area (Å²) in [6.45, 7) is 2.41. The highest BCUT2D eigenvalue weighted by Crippen LogP contribution is 2.42. The van der Waals surface area contributed by atoms with Crippen LogP contribution in [0.25, 0.3) is 0 Å². The molecule has 34 heavy (non-hydrogen) atoms. The summed E-state index contributed by atoms with van der Waals surface area (Å²) in [4.78, 5) is 32.1. The first kappa shape index (κ1) is 23.7. The molecule has 1 fully saturated rings. The van der Waals surface area contributed by atoms with Crippen LogP contribution in [0.1, 0.15) is 31.0 Å². The average Bonchev–Trinajstić information content (AvgIpc) is 2.84. The number of halogens is 2. The molecule has 9 nitrogen and oxygen atoms in total. The second-order valence-corrected chi connectivity index (χ2v) is 8.05. The topological polar surface area (TPSA) is 93.2 Å². The molecule has 4 rings (SSSR count). The van der Waals surface area contributed by atoms with Gasteiger partial charge in [-0.15, -0.1) is 0 Å². The fourth-order valence-corrected chi connectivity index (χ4v) is 4.22. The van der Waals surface area contributed by atoms with Crippen LogP contribution in [-0.2, 0) is 22.6 Å². The number of urea groups is 1. The number of hydrogen-bond acceptors (Lipinski definition) is 6. The third-order valence-corrected chi connectivity index (χ3v) is 5.94. The van der Waals surface area contributed by atoms with E-state index >= 15 is 8.78 Å². The molecule has 182 valence electrons. The largest absolute Gasteiger partial charge is 0.493 e. The Kier molecular flexibility index (Phi) is 6.82. The molecule has 0 saturated carbocycles.